The molecule has 1 heterocycles. The van der Waals surface area contributed by atoms with Gasteiger partial charge in [-0.05, 0) is 48.7 Å². The summed E-state index contributed by atoms with van der Waals surface area (Å²) in [7, 11) is 0. The summed E-state index contributed by atoms with van der Waals surface area (Å²) in [5, 5.41) is 5.44. The summed E-state index contributed by atoms with van der Waals surface area (Å²) in [5.41, 5.74) is -0.245. The van der Waals surface area contributed by atoms with Crippen LogP contribution in [0.4, 0.5) is 8.78 Å². The smallest absolute Gasteiger partial charge is 0.255 e. The van der Waals surface area contributed by atoms with E-state index in [9.17, 15) is 18.4 Å². The van der Waals surface area contributed by atoms with Crippen LogP contribution in [0.2, 0.25) is 5.02 Å². The van der Waals surface area contributed by atoms with Crippen LogP contribution in [0.1, 0.15) is 28.8 Å². The summed E-state index contributed by atoms with van der Waals surface area (Å²) in [6.07, 6.45) is 5.03. The molecule has 164 valence electrons. The first-order valence-corrected chi connectivity index (χ1v) is 10.0. The molecule has 0 radical (unpaired) electrons. The highest BCUT2D eigenvalue weighted by Crippen LogP contribution is 2.36. The molecule has 2 aromatic carbocycles. The largest absolute Gasteiger partial charge is 0.453 e. The summed E-state index contributed by atoms with van der Waals surface area (Å²) >= 11 is 5.90. The van der Waals surface area contributed by atoms with Gasteiger partial charge in [0.15, 0.2) is 11.6 Å². The number of ether oxygens (including phenoxy) is 1. The van der Waals surface area contributed by atoms with Crippen molar-refractivity contribution in [2.75, 3.05) is 0 Å². The molecule has 2 amide bonds. The van der Waals surface area contributed by atoms with Crippen molar-refractivity contribution in [3.05, 3.63) is 82.9 Å². The molecular weight excluding hydrogens is 442 g/mol. The standard InChI is InChI=1S/C22H17ClF2N4O3/c23-16-8-15(24)2-4-18(16)32-19-3-1-13(7-17(19)25)9-28-21(31)22(5-6-22)29-20(30)14-10-26-12-27-11-14/h1-4,7-8,10-12H,5-6,9H2,(H,28,31)(H,29,30). The normalized spacial score (nSPS) is 13.8. The molecule has 0 aliphatic heterocycles. The lowest BCUT2D eigenvalue weighted by molar-refractivity contribution is -0.124. The Balaban J connectivity index is 1.36. The second-order valence-corrected chi connectivity index (χ2v) is 7.69. The van der Waals surface area contributed by atoms with E-state index in [1.165, 1.54) is 36.9 Å². The minimum absolute atomic E-state index is 0.0135. The van der Waals surface area contributed by atoms with Gasteiger partial charge in [0.1, 0.15) is 23.4 Å². The zero-order valence-corrected chi connectivity index (χ0v) is 17.3. The topological polar surface area (TPSA) is 93.2 Å². The first kappa shape index (κ1) is 21.6. The van der Waals surface area contributed by atoms with E-state index in [0.29, 0.717) is 18.4 Å². The average Bonchev–Trinajstić information content (AvgIpc) is 3.56. The van der Waals surface area contributed by atoms with Crippen LogP contribution in [0.5, 0.6) is 11.5 Å². The Hall–Kier alpha value is -3.59. The van der Waals surface area contributed by atoms with Gasteiger partial charge in [-0.1, -0.05) is 17.7 Å². The number of benzene rings is 2. The maximum absolute atomic E-state index is 14.5. The van der Waals surface area contributed by atoms with E-state index in [2.05, 4.69) is 20.6 Å². The molecule has 4 rings (SSSR count). The Labute approximate surface area is 186 Å². The van der Waals surface area contributed by atoms with Gasteiger partial charge in [0.05, 0.1) is 10.6 Å². The number of hydrogen-bond acceptors (Lipinski definition) is 5. The second kappa shape index (κ2) is 8.88. The number of nitrogens with zero attached hydrogens (tertiary/aromatic N) is 2. The monoisotopic (exact) mass is 458 g/mol. The number of rotatable bonds is 7. The van der Waals surface area contributed by atoms with Crippen LogP contribution in [0.25, 0.3) is 0 Å². The summed E-state index contributed by atoms with van der Waals surface area (Å²) in [6, 6.07) is 7.70. The molecule has 0 saturated heterocycles. The molecule has 1 saturated carbocycles. The maximum Gasteiger partial charge on any atom is 0.255 e. The fourth-order valence-electron chi connectivity index (χ4n) is 3.00. The van der Waals surface area contributed by atoms with Crippen molar-refractivity contribution in [2.24, 2.45) is 0 Å². The Morgan fingerprint density at radius 2 is 1.78 bits per heavy atom. The minimum Gasteiger partial charge on any atom is -0.453 e. The molecule has 1 aliphatic rings. The number of carbonyl (C=O) groups excluding carboxylic acids is 2. The molecule has 2 N–H and O–H groups in total. The third-order valence-corrected chi connectivity index (χ3v) is 5.22. The number of amides is 2. The second-order valence-electron chi connectivity index (χ2n) is 7.29. The van der Waals surface area contributed by atoms with Gasteiger partial charge in [0.25, 0.3) is 5.91 Å². The zero-order chi connectivity index (χ0) is 22.7. The van der Waals surface area contributed by atoms with Crippen molar-refractivity contribution < 1.29 is 23.1 Å². The molecule has 1 fully saturated rings. The molecule has 0 bridgehead atoms. The van der Waals surface area contributed by atoms with Gasteiger partial charge in [-0.2, -0.15) is 0 Å². The van der Waals surface area contributed by atoms with Gasteiger partial charge in [-0.3, -0.25) is 9.59 Å². The van der Waals surface area contributed by atoms with Gasteiger partial charge in [0, 0.05) is 18.9 Å². The van der Waals surface area contributed by atoms with E-state index in [-0.39, 0.29) is 34.5 Å². The van der Waals surface area contributed by atoms with Crippen LogP contribution < -0.4 is 15.4 Å². The Kier molecular flexibility index (Phi) is 6.00. The highest BCUT2D eigenvalue weighted by molar-refractivity contribution is 6.32. The van der Waals surface area contributed by atoms with Crippen LogP contribution in [-0.2, 0) is 11.3 Å². The molecule has 0 unspecified atom stereocenters. The van der Waals surface area contributed by atoms with Gasteiger partial charge in [0.2, 0.25) is 5.91 Å². The first-order chi connectivity index (χ1) is 15.4. The molecule has 0 atom stereocenters. The average molecular weight is 459 g/mol. The molecule has 32 heavy (non-hydrogen) atoms. The zero-order valence-electron chi connectivity index (χ0n) is 16.6. The number of halogens is 3. The van der Waals surface area contributed by atoms with E-state index in [1.807, 2.05) is 0 Å². The number of hydrogen-bond donors (Lipinski definition) is 2. The Bertz CT molecular complexity index is 1170. The predicted molar refractivity (Wildman–Crippen MR) is 111 cm³/mol. The molecule has 1 aliphatic carbocycles. The molecule has 1 aromatic heterocycles. The van der Waals surface area contributed by atoms with Gasteiger partial charge in [-0.15, -0.1) is 0 Å². The fraction of sp³-hybridized carbons (Fsp3) is 0.182. The van der Waals surface area contributed by atoms with E-state index in [0.717, 1.165) is 12.1 Å². The van der Waals surface area contributed by atoms with E-state index in [1.54, 1.807) is 6.07 Å². The highest BCUT2D eigenvalue weighted by atomic mass is 35.5. The predicted octanol–water partition coefficient (Wildman–Crippen LogP) is 3.78. The Morgan fingerprint density at radius 3 is 2.44 bits per heavy atom. The molecular formula is C22H17ClF2N4O3. The molecule has 7 nitrogen and oxygen atoms in total. The molecule has 3 aromatic rings. The van der Waals surface area contributed by atoms with Crippen molar-refractivity contribution in [1.82, 2.24) is 20.6 Å². The van der Waals surface area contributed by atoms with Crippen LogP contribution in [0.15, 0.2) is 55.1 Å². The van der Waals surface area contributed by atoms with Crippen molar-refractivity contribution in [1.29, 1.82) is 0 Å². The quantitative estimate of drug-likeness (QED) is 0.562. The number of aromatic nitrogens is 2. The van der Waals surface area contributed by atoms with E-state index >= 15 is 0 Å². The molecule has 10 heteroatoms. The van der Waals surface area contributed by atoms with Crippen LogP contribution in [0.3, 0.4) is 0 Å². The van der Waals surface area contributed by atoms with Crippen molar-refractivity contribution in [3.8, 4) is 11.5 Å². The van der Waals surface area contributed by atoms with Gasteiger partial charge >= 0.3 is 0 Å². The lowest BCUT2D eigenvalue weighted by Crippen LogP contribution is -2.48. The summed E-state index contributed by atoms with van der Waals surface area (Å²) in [6.45, 7) is 0.0550. The summed E-state index contributed by atoms with van der Waals surface area (Å²) < 4.78 is 33.0. The third kappa shape index (κ3) is 4.83. The van der Waals surface area contributed by atoms with E-state index in [4.69, 9.17) is 16.3 Å². The van der Waals surface area contributed by atoms with Crippen molar-refractivity contribution >= 4 is 23.4 Å². The maximum atomic E-state index is 14.5. The van der Waals surface area contributed by atoms with Crippen LogP contribution >= 0.6 is 11.6 Å². The first-order valence-electron chi connectivity index (χ1n) is 9.63. The van der Waals surface area contributed by atoms with Crippen LogP contribution in [0, 0.1) is 11.6 Å². The summed E-state index contributed by atoms with van der Waals surface area (Å²) in [4.78, 5) is 32.5. The third-order valence-electron chi connectivity index (χ3n) is 4.92. The van der Waals surface area contributed by atoms with Gasteiger partial charge in [-0.25, -0.2) is 18.7 Å². The highest BCUT2D eigenvalue weighted by Gasteiger charge is 2.51. The minimum atomic E-state index is -0.992. The van der Waals surface area contributed by atoms with Crippen LogP contribution in [-0.4, -0.2) is 27.3 Å². The SMILES string of the molecule is O=C(NC1(C(=O)NCc2ccc(Oc3ccc(F)cc3Cl)c(F)c2)CC1)c1cncnc1. The number of nitrogens with one attached hydrogen (secondary N) is 2. The van der Waals surface area contributed by atoms with Gasteiger partial charge < -0.3 is 15.4 Å². The summed E-state index contributed by atoms with van der Waals surface area (Å²) in [5.74, 6) is -1.98. The Morgan fingerprint density at radius 1 is 1.06 bits per heavy atom. The molecule has 0 spiro atoms. The fourth-order valence-corrected chi connectivity index (χ4v) is 3.21. The van der Waals surface area contributed by atoms with Crippen molar-refractivity contribution in [3.63, 3.8) is 0 Å². The lowest BCUT2D eigenvalue weighted by atomic mass is 10.1. The number of carbonyl (C=O) groups is 2. The van der Waals surface area contributed by atoms with Crippen molar-refractivity contribution in [2.45, 2.75) is 24.9 Å². The lowest BCUT2D eigenvalue weighted by Gasteiger charge is -2.17. The van der Waals surface area contributed by atoms with E-state index < -0.39 is 23.1 Å².